The third-order valence-electron chi connectivity index (χ3n) is 4.34. The minimum Gasteiger partial charge on any atom is -0.399 e. The minimum absolute atomic E-state index is 0.123. The molecule has 1 aliphatic rings. The minimum atomic E-state index is -0.420. The molecule has 0 bridgehead atoms. The highest BCUT2D eigenvalue weighted by atomic mass is 35.5. The van der Waals surface area contributed by atoms with Gasteiger partial charge in [-0.3, -0.25) is 14.8 Å². The lowest BCUT2D eigenvalue weighted by molar-refractivity contribution is -0.129. The third kappa shape index (κ3) is 4.99. The highest BCUT2D eigenvalue weighted by molar-refractivity contribution is 6.35. The molecule has 1 saturated heterocycles. The van der Waals surface area contributed by atoms with Crippen molar-refractivity contribution < 1.29 is 9.59 Å². The Labute approximate surface area is 173 Å². The number of amides is 3. The van der Waals surface area contributed by atoms with Crippen LogP contribution in [0.5, 0.6) is 0 Å². The van der Waals surface area contributed by atoms with Gasteiger partial charge in [-0.2, -0.15) is 0 Å². The molecule has 2 aromatic rings. The molecule has 0 aliphatic carbocycles. The zero-order valence-electron chi connectivity index (χ0n) is 15.1. The first-order chi connectivity index (χ1) is 13.4. The fourth-order valence-electron chi connectivity index (χ4n) is 2.93. The van der Waals surface area contributed by atoms with Crippen molar-refractivity contribution in [1.82, 2.24) is 15.6 Å². The topological polar surface area (TPSA) is 90.7 Å². The summed E-state index contributed by atoms with van der Waals surface area (Å²) in [6.07, 6.45) is 0.803. The van der Waals surface area contributed by atoms with Gasteiger partial charge in [-0.05, 0) is 42.3 Å². The van der Waals surface area contributed by atoms with Gasteiger partial charge in [-0.25, -0.2) is 4.79 Å². The van der Waals surface area contributed by atoms with Crippen LogP contribution in [-0.4, -0.2) is 36.6 Å². The van der Waals surface area contributed by atoms with Gasteiger partial charge in [0.15, 0.2) is 0 Å². The zero-order valence-corrected chi connectivity index (χ0v) is 16.6. The molecule has 0 spiro atoms. The second kappa shape index (κ2) is 9.03. The number of carbonyl (C=O) groups is 2. The molecule has 0 saturated carbocycles. The van der Waals surface area contributed by atoms with Crippen LogP contribution in [0.4, 0.5) is 16.2 Å². The van der Waals surface area contributed by atoms with E-state index in [2.05, 4.69) is 10.6 Å². The molecule has 0 unspecified atom stereocenters. The molecule has 0 radical (unpaired) electrons. The Hall–Kier alpha value is -2.64. The van der Waals surface area contributed by atoms with E-state index in [-0.39, 0.29) is 12.5 Å². The summed E-state index contributed by atoms with van der Waals surface area (Å²) in [7, 11) is 0. The quantitative estimate of drug-likeness (QED) is 0.647. The number of nitrogens with zero attached hydrogens (tertiary/aromatic N) is 2. The van der Waals surface area contributed by atoms with Gasteiger partial charge in [0, 0.05) is 30.3 Å². The average Bonchev–Trinajstić information content (AvgIpc) is 3.17. The number of nitrogens with two attached hydrogens (primary N) is 1. The van der Waals surface area contributed by atoms with E-state index in [9.17, 15) is 9.59 Å². The van der Waals surface area contributed by atoms with E-state index in [1.165, 1.54) is 0 Å². The molecule has 7 nitrogen and oxygen atoms in total. The number of hydrogen-bond donors (Lipinski definition) is 3. The Morgan fingerprint density at radius 2 is 1.79 bits per heavy atom. The molecule has 3 rings (SSSR count). The summed E-state index contributed by atoms with van der Waals surface area (Å²) >= 11 is 12.3. The number of carbonyl (C=O) groups excluding carboxylic acids is 2. The van der Waals surface area contributed by atoms with Crippen molar-refractivity contribution in [2.45, 2.75) is 13.0 Å². The predicted molar refractivity (Wildman–Crippen MR) is 111 cm³/mol. The van der Waals surface area contributed by atoms with Crippen molar-refractivity contribution in [3.8, 4) is 0 Å². The van der Waals surface area contributed by atoms with Gasteiger partial charge >= 0.3 is 6.03 Å². The van der Waals surface area contributed by atoms with E-state index < -0.39 is 6.03 Å². The van der Waals surface area contributed by atoms with Crippen LogP contribution in [0.2, 0.25) is 10.0 Å². The average molecular weight is 422 g/mol. The molecule has 4 N–H and O–H groups in total. The summed E-state index contributed by atoms with van der Waals surface area (Å²) in [5, 5.41) is 9.73. The van der Waals surface area contributed by atoms with Crippen LogP contribution in [0.25, 0.3) is 0 Å². The number of rotatable bonds is 5. The van der Waals surface area contributed by atoms with Crippen LogP contribution in [0.15, 0.2) is 42.5 Å². The van der Waals surface area contributed by atoms with E-state index in [1.54, 1.807) is 40.3 Å². The Morgan fingerprint density at radius 1 is 1.04 bits per heavy atom. The number of halogens is 2. The fraction of sp³-hybridized carbons (Fsp3) is 0.263. The molecule has 1 aliphatic heterocycles. The monoisotopic (exact) mass is 421 g/mol. The Bertz CT molecular complexity index is 860. The highest BCUT2D eigenvalue weighted by Gasteiger charge is 2.28. The van der Waals surface area contributed by atoms with Gasteiger partial charge in [-0.1, -0.05) is 35.3 Å². The summed E-state index contributed by atoms with van der Waals surface area (Å²) in [5.41, 5.74) is 7.88. The van der Waals surface area contributed by atoms with Crippen molar-refractivity contribution in [3.05, 3.63) is 58.1 Å². The van der Waals surface area contributed by atoms with E-state index in [1.807, 2.05) is 12.1 Å². The first-order valence-corrected chi connectivity index (χ1v) is 9.58. The van der Waals surface area contributed by atoms with Crippen molar-refractivity contribution >= 4 is 46.5 Å². The maximum absolute atomic E-state index is 12.6. The van der Waals surface area contributed by atoms with Gasteiger partial charge in [-0.15, -0.1) is 0 Å². The van der Waals surface area contributed by atoms with Crippen molar-refractivity contribution in [2.75, 3.05) is 30.4 Å². The second-order valence-electron chi connectivity index (χ2n) is 6.37. The van der Waals surface area contributed by atoms with Gasteiger partial charge in [0.2, 0.25) is 0 Å². The Morgan fingerprint density at radius 3 is 2.54 bits per heavy atom. The molecule has 0 atom stereocenters. The maximum Gasteiger partial charge on any atom is 0.315 e. The molecule has 1 heterocycles. The van der Waals surface area contributed by atoms with Gasteiger partial charge < -0.3 is 16.4 Å². The lowest BCUT2D eigenvalue weighted by Gasteiger charge is -2.30. The normalized spacial score (nSPS) is 13.5. The lowest BCUT2D eigenvalue weighted by Crippen LogP contribution is -2.48. The molecule has 1 fully saturated rings. The maximum atomic E-state index is 12.6. The fourth-order valence-corrected chi connectivity index (χ4v) is 3.31. The summed E-state index contributed by atoms with van der Waals surface area (Å²) in [5.74, 6) is -0.226. The molecule has 3 amide bonds. The van der Waals surface area contributed by atoms with Crippen LogP contribution < -0.4 is 21.4 Å². The summed E-state index contributed by atoms with van der Waals surface area (Å²) in [6.45, 7) is 1.42. The third-order valence-corrected chi connectivity index (χ3v) is 4.89. The summed E-state index contributed by atoms with van der Waals surface area (Å²) in [4.78, 5) is 24.6. The molecule has 2 aromatic carbocycles. The number of benzene rings is 2. The number of nitrogen functional groups attached to an aromatic ring is 1. The molecular weight excluding hydrogens is 401 g/mol. The molecule has 9 heteroatoms. The van der Waals surface area contributed by atoms with E-state index in [0.29, 0.717) is 41.1 Å². The molecular formula is C19H21Cl2N5O2. The van der Waals surface area contributed by atoms with Crippen LogP contribution in [-0.2, 0) is 11.3 Å². The molecule has 0 aromatic heterocycles. The van der Waals surface area contributed by atoms with Crippen LogP contribution >= 0.6 is 23.2 Å². The number of anilines is 2. The first kappa shape index (κ1) is 20.1. The SMILES string of the molecule is Nc1ccc(CNC(=O)NCC(=O)N2CCCN2c2cc(Cl)ccc2Cl)cc1. The van der Waals surface area contributed by atoms with Crippen molar-refractivity contribution in [1.29, 1.82) is 0 Å². The number of hydrazine groups is 1. The van der Waals surface area contributed by atoms with Crippen molar-refractivity contribution in [3.63, 3.8) is 0 Å². The van der Waals surface area contributed by atoms with Crippen molar-refractivity contribution in [2.24, 2.45) is 0 Å². The Kier molecular flexibility index (Phi) is 6.49. The predicted octanol–water partition coefficient (Wildman–Crippen LogP) is 3.03. The smallest absolute Gasteiger partial charge is 0.315 e. The lowest BCUT2D eigenvalue weighted by atomic mass is 10.2. The number of hydrogen-bond acceptors (Lipinski definition) is 4. The van der Waals surface area contributed by atoms with Crippen LogP contribution in [0, 0.1) is 0 Å². The standard InChI is InChI=1S/C19H21Cl2N5O2/c20-14-4-7-16(21)17(10-14)25-8-1-9-26(25)18(27)12-24-19(28)23-11-13-2-5-15(22)6-3-13/h2-7,10H,1,8-9,11-12,22H2,(H2,23,24,28). The van der Waals surface area contributed by atoms with Gasteiger partial charge in [0.1, 0.15) is 6.54 Å². The highest BCUT2D eigenvalue weighted by Crippen LogP contribution is 2.32. The van der Waals surface area contributed by atoms with Gasteiger partial charge in [0.25, 0.3) is 5.91 Å². The first-order valence-electron chi connectivity index (χ1n) is 8.83. The van der Waals surface area contributed by atoms with E-state index in [0.717, 1.165) is 12.0 Å². The van der Waals surface area contributed by atoms with E-state index in [4.69, 9.17) is 28.9 Å². The van der Waals surface area contributed by atoms with E-state index >= 15 is 0 Å². The molecule has 148 valence electrons. The Balaban J connectivity index is 1.52. The second-order valence-corrected chi connectivity index (χ2v) is 7.21. The van der Waals surface area contributed by atoms with Gasteiger partial charge in [0.05, 0.1) is 10.7 Å². The molecule has 28 heavy (non-hydrogen) atoms. The number of urea groups is 1. The summed E-state index contributed by atoms with van der Waals surface area (Å²) in [6, 6.07) is 11.9. The summed E-state index contributed by atoms with van der Waals surface area (Å²) < 4.78 is 0. The largest absolute Gasteiger partial charge is 0.399 e. The van der Waals surface area contributed by atoms with Crippen LogP contribution in [0.1, 0.15) is 12.0 Å². The zero-order chi connectivity index (χ0) is 20.1. The number of nitrogens with one attached hydrogen (secondary N) is 2. The van der Waals surface area contributed by atoms with Crippen LogP contribution in [0.3, 0.4) is 0 Å².